The fraction of sp³-hybridized carbons (Fsp3) is 0.417. The van der Waals surface area contributed by atoms with Crippen molar-refractivity contribution >= 4 is 21.8 Å². The van der Waals surface area contributed by atoms with Gasteiger partial charge in [-0.3, -0.25) is 4.79 Å². The highest BCUT2D eigenvalue weighted by Crippen LogP contribution is 2.15. The Morgan fingerprint density at radius 2 is 2.18 bits per heavy atom. The first-order chi connectivity index (χ1) is 7.95. The fourth-order valence-corrected chi connectivity index (χ4v) is 1.59. The van der Waals surface area contributed by atoms with Gasteiger partial charge in [-0.1, -0.05) is 22.9 Å². The van der Waals surface area contributed by atoms with Gasteiger partial charge in [-0.15, -0.1) is 0 Å². The zero-order valence-corrected chi connectivity index (χ0v) is 11.3. The molecule has 2 N–H and O–H groups in total. The molecule has 0 aliphatic rings. The smallest absolute Gasteiger partial charge is 0.254 e. The van der Waals surface area contributed by atoms with E-state index in [9.17, 15) is 9.18 Å². The van der Waals surface area contributed by atoms with Gasteiger partial charge >= 0.3 is 0 Å². The van der Waals surface area contributed by atoms with Gasteiger partial charge < -0.3 is 10.4 Å². The Morgan fingerprint density at radius 3 is 2.71 bits per heavy atom. The largest absolute Gasteiger partial charge is 0.396 e. The van der Waals surface area contributed by atoms with Crippen LogP contribution in [0.1, 0.15) is 24.2 Å². The van der Waals surface area contributed by atoms with Crippen molar-refractivity contribution < 1.29 is 14.3 Å². The molecule has 94 valence electrons. The predicted octanol–water partition coefficient (Wildman–Crippen LogP) is 2.33. The van der Waals surface area contributed by atoms with Crippen molar-refractivity contribution in [1.29, 1.82) is 0 Å². The Labute approximate surface area is 108 Å². The lowest BCUT2D eigenvalue weighted by molar-refractivity contribution is 0.0912. The molecule has 5 heteroatoms. The van der Waals surface area contributed by atoms with Gasteiger partial charge in [-0.25, -0.2) is 4.39 Å². The Morgan fingerprint density at radius 1 is 1.53 bits per heavy atom. The van der Waals surface area contributed by atoms with Crippen LogP contribution < -0.4 is 5.32 Å². The highest BCUT2D eigenvalue weighted by Gasteiger charge is 2.17. The van der Waals surface area contributed by atoms with E-state index in [2.05, 4.69) is 21.2 Å². The number of aliphatic hydroxyl groups excluding tert-OH is 1. The first-order valence-corrected chi connectivity index (χ1v) is 6.11. The van der Waals surface area contributed by atoms with Gasteiger partial charge in [0.15, 0.2) is 0 Å². The van der Waals surface area contributed by atoms with E-state index < -0.39 is 11.7 Å². The van der Waals surface area contributed by atoms with Crippen molar-refractivity contribution in [3.8, 4) is 0 Å². The highest BCUT2D eigenvalue weighted by molar-refractivity contribution is 9.10. The van der Waals surface area contributed by atoms with Crippen molar-refractivity contribution in [2.75, 3.05) is 6.61 Å². The van der Waals surface area contributed by atoms with Crippen LogP contribution in [0.3, 0.4) is 0 Å². The molecule has 1 aromatic carbocycles. The molecule has 0 heterocycles. The third kappa shape index (κ3) is 3.78. The van der Waals surface area contributed by atoms with Crippen LogP contribution >= 0.6 is 15.9 Å². The van der Waals surface area contributed by atoms with Crippen LogP contribution in [0.5, 0.6) is 0 Å². The van der Waals surface area contributed by atoms with Crippen LogP contribution in [0.15, 0.2) is 22.7 Å². The molecule has 1 amide bonds. The van der Waals surface area contributed by atoms with E-state index in [0.717, 1.165) is 0 Å². The van der Waals surface area contributed by atoms with E-state index in [-0.39, 0.29) is 24.1 Å². The van der Waals surface area contributed by atoms with Crippen molar-refractivity contribution in [1.82, 2.24) is 5.32 Å². The summed E-state index contributed by atoms with van der Waals surface area (Å²) in [5.74, 6) is -1.11. The molecule has 2 unspecified atom stereocenters. The van der Waals surface area contributed by atoms with Gasteiger partial charge in [0.2, 0.25) is 0 Å². The summed E-state index contributed by atoms with van der Waals surface area (Å²) in [6, 6.07) is 4.06. The van der Waals surface area contributed by atoms with Crippen LogP contribution in [0.4, 0.5) is 4.39 Å². The molecule has 0 fully saturated rings. The molecule has 3 nitrogen and oxygen atoms in total. The summed E-state index contributed by atoms with van der Waals surface area (Å²) >= 11 is 3.13. The average Bonchev–Trinajstić information content (AvgIpc) is 2.27. The molecule has 0 bridgehead atoms. The SMILES string of the molecule is CC(CO)C(C)NC(=O)c1ccc(Br)cc1F. The number of carbonyl (C=O) groups excluding carboxylic acids is 1. The summed E-state index contributed by atoms with van der Waals surface area (Å²) in [5.41, 5.74) is 0.00481. The lowest BCUT2D eigenvalue weighted by atomic mass is 10.0. The van der Waals surface area contributed by atoms with Gasteiger partial charge in [0.05, 0.1) is 5.56 Å². The molecule has 2 atom stereocenters. The second-order valence-corrected chi connectivity index (χ2v) is 4.96. The number of hydrogen-bond acceptors (Lipinski definition) is 2. The quantitative estimate of drug-likeness (QED) is 0.897. The fourth-order valence-electron chi connectivity index (χ4n) is 1.26. The minimum absolute atomic E-state index is 0.00481. The Bertz CT molecular complexity index is 411. The number of rotatable bonds is 4. The molecule has 0 saturated carbocycles. The number of aliphatic hydroxyl groups is 1. The second-order valence-electron chi connectivity index (χ2n) is 4.05. The minimum Gasteiger partial charge on any atom is -0.396 e. The topological polar surface area (TPSA) is 49.3 Å². The third-order valence-corrected chi connectivity index (χ3v) is 3.17. The summed E-state index contributed by atoms with van der Waals surface area (Å²) in [6.07, 6.45) is 0. The van der Waals surface area contributed by atoms with Crippen molar-refractivity contribution in [3.63, 3.8) is 0 Å². The number of nitrogens with one attached hydrogen (secondary N) is 1. The molecule has 1 aromatic rings. The van der Waals surface area contributed by atoms with Crippen molar-refractivity contribution in [2.24, 2.45) is 5.92 Å². The van der Waals surface area contributed by atoms with E-state index in [0.29, 0.717) is 4.47 Å². The molecule has 0 radical (unpaired) electrons. The molecular weight excluding hydrogens is 289 g/mol. The summed E-state index contributed by atoms with van der Waals surface area (Å²) in [7, 11) is 0. The van der Waals surface area contributed by atoms with Crippen molar-refractivity contribution in [3.05, 3.63) is 34.1 Å². The number of benzene rings is 1. The molecule has 17 heavy (non-hydrogen) atoms. The summed E-state index contributed by atoms with van der Waals surface area (Å²) in [6.45, 7) is 3.56. The Balaban J connectivity index is 2.76. The lowest BCUT2D eigenvalue weighted by Gasteiger charge is -2.19. The average molecular weight is 304 g/mol. The zero-order chi connectivity index (χ0) is 13.0. The highest BCUT2D eigenvalue weighted by atomic mass is 79.9. The first kappa shape index (κ1) is 14.1. The first-order valence-electron chi connectivity index (χ1n) is 5.32. The van der Waals surface area contributed by atoms with E-state index in [4.69, 9.17) is 5.11 Å². The molecular formula is C12H15BrFNO2. The maximum absolute atomic E-state index is 13.5. The van der Waals surface area contributed by atoms with Crippen LogP contribution in [0.2, 0.25) is 0 Å². The van der Waals surface area contributed by atoms with Gasteiger partial charge in [-0.2, -0.15) is 0 Å². The Kier molecular flexibility index (Phi) is 5.08. The number of amides is 1. The predicted molar refractivity (Wildman–Crippen MR) is 67.3 cm³/mol. The number of halogens is 2. The number of hydrogen-bond donors (Lipinski definition) is 2. The maximum atomic E-state index is 13.5. The summed E-state index contributed by atoms with van der Waals surface area (Å²) in [4.78, 5) is 11.8. The van der Waals surface area contributed by atoms with Crippen LogP contribution in [0.25, 0.3) is 0 Å². The molecule has 0 spiro atoms. The van der Waals surface area contributed by atoms with Gasteiger partial charge in [0.1, 0.15) is 5.82 Å². The normalized spacial score (nSPS) is 14.2. The molecule has 1 rings (SSSR count). The molecule has 0 saturated heterocycles. The van der Waals surface area contributed by atoms with Gasteiger partial charge in [-0.05, 0) is 31.0 Å². The van der Waals surface area contributed by atoms with E-state index in [1.807, 2.05) is 6.92 Å². The van der Waals surface area contributed by atoms with E-state index in [1.165, 1.54) is 12.1 Å². The number of carbonyl (C=O) groups is 1. The van der Waals surface area contributed by atoms with Gasteiger partial charge in [0.25, 0.3) is 5.91 Å². The minimum atomic E-state index is -0.569. The lowest BCUT2D eigenvalue weighted by Crippen LogP contribution is -2.38. The zero-order valence-electron chi connectivity index (χ0n) is 9.71. The van der Waals surface area contributed by atoms with E-state index >= 15 is 0 Å². The maximum Gasteiger partial charge on any atom is 0.254 e. The van der Waals surface area contributed by atoms with Gasteiger partial charge in [0, 0.05) is 17.1 Å². The van der Waals surface area contributed by atoms with Crippen LogP contribution in [0, 0.1) is 11.7 Å². The van der Waals surface area contributed by atoms with Crippen molar-refractivity contribution in [2.45, 2.75) is 19.9 Å². The van der Waals surface area contributed by atoms with Crippen LogP contribution in [-0.2, 0) is 0 Å². The molecule has 0 aromatic heterocycles. The third-order valence-electron chi connectivity index (χ3n) is 2.68. The second kappa shape index (κ2) is 6.12. The standard InChI is InChI=1S/C12H15BrFNO2/c1-7(6-16)8(2)15-12(17)10-4-3-9(13)5-11(10)14/h3-5,7-8,16H,6H2,1-2H3,(H,15,17). The molecule has 0 aliphatic carbocycles. The molecule has 0 aliphatic heterocycles. The Hall–Kier alpha value is -0.940. The summed E-state index contributed by atoms with van der Waals surface area (Å²) < 4.78 is 14.1. The van der Waals surface area contributed by atoms with Crippen LogP contribution in [-0.4, -0.2) is 23.7 Å². The summed E-state index contributed by atoms with van der Waals surface area (Å²) in [5, 5.41) is 11.6. The van der Waals surface area contributed by atoms with E-state index in [1.54, 1.807) is 13.0 Å². The monoisotopic (exact) mass is 303 g/mol.